The van der Waals surface area contributed by atoms with E-state index in [1.165, 1.54) is 50.7 Å². The molecular formula is C22H30F4O3. The van der Waals surface area contributed by atoms with Gasteiger partial charge >= 0.3 is 18.5 Å². The minimum atomic E-state index is -5.08. The summed E-state index contributed by atoms with van der Waals surface area (Å²) in [5, 5.41) is 0. The van der Waals surface area contributed by atoms with E-state index in [9.17, 15) is 22.4 Å². The molecule has 1 saturated carbocycles. The molecule has 0 amide bonds. The predicted molar refractivity (Wildman–Crippen MR) is 102 cm³/mol. The van der Waals surface area contributed by atoms with Gasteiger partial charge in [-0.15, -0.1) is 0 Å². The maximum Gasteiger partial charge on any atom is 0.457 e. The van der Waals surface area contributed by atoms with Crippen LogP contribution in [-0.2, 0) is 4.79 Å². The van der Waals surface area contributed by atoms with Crippen molar-refractivity contribution in [3.8, 4) is 11.5 Å². The van der Waals surface area contributed by atoms with Gasteiger partial charge in [-0.3, -0.25) is 4.79 Å². The van der Waals surface area contributed by atoms with Gasteiger partial charge in [0.05, 0.1) is 5.92 Å². The molecule has 1 aromatic carbocycles. The maximum atomic E-state index is 12.9. The molecule has 0 aromatic heterocycles. The molecule has 0 aliphatic heterocycles. The normalized spacial score (nSPS) is 20.9. The standard InChI is InChI=1S/C22H30F4O3/c1-2-3-4-5-6-7-16-8-10-17(11-9-16)20(27)28-18-12-14-19(15-13-18)29-21(23)22(24,25)26/h12-17,21H,2-11H2,1H3/t16-,17-,21?. The number of esters is 1. The van der Waals surface area contributed by atoms with Crippen LogP contribution in [0.1, 0.15) is 71.1 Å². The van der Waals surface area contributed by atoms with Gasteiger partial charge in [-0.05, 0) is 55.9 Å². The monoisotopic (exact) mass is 418 g/mol. The Morgan fingerprint density at radius 3 is 2.17 bits per heavy atom. The Morgan fingerprint density at radius 2 is 1.59 bits per heavy atom. The highest BCUT2D eigenvalue weighted by molar-refractivity contribution is 5.75. The summed E-state index contributed by atoms with van der Waals surface area (Å²) in [5.74, 6) is 0.137. The van der Waals surface area contributed by atoms with Crippen molar-refractivity contribution in [2.75, 3.05) is 0 Å². The van der Waals surface area contributed by atoms with Crippen LogP contribution in [0.15, 0.2) is 24.3 Å². The number of hydrogen-bond acceptors (Lipinski definition) is 3. The van der Waals surface area contributed by atoms with Crippen LogP contribution >= 0.6 is 0 Å². The van der Waals surface area contributed by atoms with Crippen molar-refractivity contribution >= 4 is 5.97 Å². The van der Waals surface area contributed by atoms with Crippen LogP contribution < -0.4 is 9.47 Å². The molecule has 2 rings (SSSR count). The second-order valence-electron chi connectivity index (χ2n) is 7.79. The van der Waals surface area contributed by atoms with E-state index in [1.807, 2.05) is 0 Å². The number of unbranched alkanes of at least 4 members (excludes halogenated alkanes) is 4. The molecule has 0 heterocycles. The zero-order chi connectivity index (χ0) is 21.3. The summed E-state index contributed by atoms with van der Waals surface area (Å²) in [6, 6.07) is 4.91. The highest BCUT2D eigenvalue weighted by atomic mass is 19.4. The molecule has 1 aliphatic rings. The average molecular weight is 418 g/mol. The van der Waals surface area contributed by atoms with E-state index >= 15 is 0 Å². The molecule has 0 spiro atoms. The van der Waals surface area contributed by atoms with Gasteiger partial charge in [-0.25, -0.2) is 0 Å². The van der Waals surface area contributed by atoms with Gasteiger partial charge in [0.2, 0.25) is 0 Å². The Balaban J connectivity index is 1.71. The Morgan fingerprint density at radius 1 is 1.00 bits per heavy atom. The van der Waals surface area contributed by atoms with E-state index in [-0.39, 0.29) is 23.4 Å². The van der Waals surface area contributed by atoms with Gasteiger partial charge in [0.1, 0.15) is 11.5 Å². The Labute approximate surface area is 169 Å². The fraction of sp³-hybridized carbons (Fsp3) is 0.682. The number of rotatable bonds is 10. The second kappa shape index (κ2) is 11.4. The minimum absolute atomic E-state index is 0.150. The van der Waals surface area contributed by atoms with Gasteiger partial charge in [0.15, 0.2) is 0 Å². The molecule has 7 heteroatoms. The van der Waals surface area contributed by atoms with Crippen molar-refractivity contribution < 1.29 is 31.8 Å². The van der Waals surface area contributed by atoms with E-state index < -0.39 is 12.5 Å². The van der Waals surface area contributed by atoms with Crippen LogP contribution in [0.2, 0.25) is 0 Å². The quantitative estimate of drug-likeness (QED) is 0.178. The fourth-order valence-electron chi connectivity index (χ4n) is 3.70. The molecule has 0 N–H and O–H groups in total. The van der Waals surface area contributed by atoms with Crippen LogP contribution in [0.3, 0.4) is 0 Å². The summed E-state index contributed by atoms with van der Waals surface area (Å²) in [4.78, 5) is 12.3. The van der Waals surface area contributed by atoms with Crippen molar-refractivity contribution in [3.05, 3.63) is 24.3 Å². The molecular weight excluding hydrogens is 388 g/mol. The van der Waals surface area contributed by atoms with E-state index in [0.29, 0.717) is 5.92 Å². The van der Waals surface area contributed by atoms with E-state index in [2.05, 4.69) is 11.7 Å². The number of hydrogen-bond donors (Lipinski definition) is 0. The fourth-order valence-corrected chi connectivity index (χ4v) is 3.70. The Kier molecular flexibility index (Phi) is 9.24. The molecule has 164 valence electrons. The van der Waals surface area contributed by atoms with Crippen molar-refractivity contribution in [2.45, 2.75) is 83.7 Å². The highest BCUT2D eigenvalue weighted by Crippen LogP contribution is 2.33. The van der Waals surface area contributed by atoms with Gasteiger partial charge < -0.3 is 9.47 Å². The van der Waals surface area contributed by atoms with Gasteiger partial charge in [-0.2, -0.15) is 17.6 Å². The molecule has 1 atom stereocenters. The van der Waals surface area contributed by atoms with Crippen molar-refractivity contribution in [3.63, 3.8) is 0 Å². The van der Waals surface area contributed by atoms with Crippen molar-refractivity contribution in [1.29, 1.82) is 0 Å². The number of halogens is 4. The van der Waals surface area contributed by atoms with Gasteiger partial charge in [-0.1, -0.05) is 45.4 Å². The average Bonchev–Trinajstić information content (AvgIpc) is 2.69. The first kappa shape index (κ1) is 23.5. The molecule has 0 saturated heterocycles. The van der Waals surface area contributed by atoms with Gasteiger partial charge in [0, 0.05) is 0 Å². The first-order valence-corrected chi connectivity index (χ1v) is 10.5. The van der Waals surface area contributed by atoms with Crippen LogP contribution in [0, 0.1) is 11.8 Å². The summed E-state index contributed by atoms with van der Waals surface area (Å²) in [5.41, 5.74) is 0. The third-order valence-electron chi connectivity index (χ3n) is 5.44. The van der Waals surface area contributed by atoms with Crippen LogP contribution in [-0.4, -0.2) is 18.5 Å². The Bertz CT molecular complexity index is 607. The first-order valence-electron chi connectivity index (χ1n) is 10.5. The van der Waals surface area contributed by atoms with Crippen molar-refractivity contribution in [1.82, 2.24) is 0 Å². The molecule has 1 unspecified atom stereocenters. The lowest BCUT2D eigenvalue weighted by molar-refractivity contribution is -0.236. The zero-order valence-corrected chi connectivity index (χ0v) is 16.8. The summed E-state index contributed by atoms with van der Waals surface area (Å²) in [6.07, 6.45) is 2.76. The summed E-state index contributed by atoms with van der Waals surface area (Å²) in [7, 11) is 0. The minimum Gasteiger partial charge on any atom is -0.452 e. The largest absolute Gasteiger partial charge is 0.457 e. The van der Waals surface area contributed by atoms with E-state index in [4.69, 9.17) is 4.74 Å². The van der Waals surface area contributed by atoms with E-state index in [1.54, 1.807) is 0 Å². The third kappa shape index (κ3) is 8.23. The topological polar surface area (TPSA) is 35.5 Å². The SMILES string of the molecule is CCCCCCC[C@H]1CC[C@H](C(=O)Oc2ccc(OC(F)C(F)(F)F)cc2)CC1. The predicted octanol–water partition coefficient (Wildman–Crippen LogP) is 7.00. The second-order valence-corrected chi connectivity index (χ2v) is 7.79. The van der Waals surface area contributed by atoms with Crippen LogP contribution in [0.5, 0.6) is 11.5 Å². The van der Waals surface area contributed by atoms with Gasteiger partial charge in [0.25, 0.3) is 0 Å². The maximum absolute atomic E-state index is 12.9. The number of benzene rings is 1. The molecule has 3 nitrogen and oxygen atoms in total. The highest BCUT2D eigenvalue weighted by Gasteiger charge is 2.42. The molecule has 1 aromatic rings. The van der Waals surface area contributed by atoms with E-state index in [0.717, 1.165) is 37.8 Å². The number of carbonyl (C=O) groups excluding carboxylic acids is 1. The lowest BCUT2D eigenvalue weighted by Crippen LogP contribution is -2.29. The number of alkyl halides is 4. The van der Waals surface area contributed by atoms with Crippen LogP contribution in [0.4, 0.5) is 17.6 Å². The molecule has 0 radical (unpaired) electrons. The first-order chi connectivity index (χ1) is 13.8. The van der Waals surface area contributed by atoms with Crippen LogP contribution in [0.25, 0.3) is 0 Å². The lowest BCUT2D eigenvalue weighted by Gasteiger charge is -2.27. The number of ether oxygens (including phenoxy) is 2. The molecule has 1 fully saturated rings. The number of carbonyl (C=O) groups is 1. The third-order valence-corrected chi connectivity index (χ3v) is 5.44. The molecule has 1 aliphatic carbocycles. The Hall–Kier alpha value is -1.79. The zero-order valence-electron chi connectivity index (χ0n) is 16.8. The molecule has 29 heavy (non-hydrogen) atoms. The molecule has 0 bridgehead atoms. The smallest absolute Gasteiger partial charge is 0.452 e. The summed E-state index contributed by atoms with van der Waals surface area (Å²) >= 11 is 0. The lowest BCUT2D eigenvalue weighted by atomic mass is 9.80. The van der Waals surface area contributed by atoms with Crippen molar-refractivity contribution in [2.24, 2.45) is 11.8 Å². The summed E-state index contributed by atoms with van der Waals surface area (Å²) in [6.45, 7) is 2.20. The summed E-state index contributed by atoms with van der Waals surface area (Å²) < 4.78 is 58.9.